The molecule has 3 aromatic rings. The van der Waals surface area contributed by atoms with Crippen LogP contribution in [-0.4, -0.2) is 46.3 Å². The molecule has 7 nitrogen and oxygen atoms in total. The van der Waals surface area contributed by atoms with Gasteiger partial charge in [-0.3, -0.25) is 9.88 Å². The lowest BCUT2D eigenvalue weighted by molar-refractivity contribution is -0.192. The molecule has 0 spiro atoms. The quantitative estimate of drug-likeness (QED) is 0.526. The van der Waals surface area contributed by atoms with E-state index in [2.05, 4.69) is 58.5 Å². The second kappa shape index (κ2) is 10.7. The monoisotopic (exact) mass is 465 g/mol. The van der Waals surface area contributed by atoms with Crippen molar-refractivity contribution in [3.8, 4) is 0 Å². The lowest BCUT2D eigenvalue weighted by Gasteiger charge is -2.34. The number of halogens is 3. The molecular formula is C23H26F3N3O4. The number of aromatic amines is 1. The summed E-state index contributed by atoms with van der Waals surface area (Å²) in [6, 6.07) is 17.3. The zero-order chi connectivity index (χ0) is 24.0. The van der Waals surface area contributed by atoms with Crippen LogP contribution in [0.5, 0.6) is 0 Å². The van der Waals surface area contributed by atoms with Crippen molar-refractivity contribution < 1.29 is 27.5 Å². The second-order valence-corrected chi connectivity index (χ2v) is 8.00. The predicted molar refractivity (Wildman–Crippen MR) is 117 cm³/mol. The van der Waals surface area contributed by atoms with Crippen LogP contribution < -0.4 is 11.1 Å². The molecule has 1 fully saturated rings. The molecule has 4 rings (SSSR count). The third-order valence-corrected chi connectivity index (χ3v) is 5.51. The number of hydrogen-bond donors (Lipinski definition) is 3. The molecule has 178 valence electrons. The fourth-order valence-electron chi connectivity index (χ4n) is 3.78. The molecule has 3 N–H and O–H groups in total. The maximum Gasteiger partial charge on any atom is 0.490 e. The van der Waals surface area contributed by atoms with Crippen LogP contribution in [0.15, 0.2) is 57.7 Å². The van der Waals surface area contributed by atoms with Gasteiger partial charge in [-0.15, -0.1) is 0 Å². The van der Waals surface area contributed by atoms with Gasteiger partial charge in [-0.2, -0.15) is 13.2 Å². The number of H-pyrrole nitrogens is 1. The Morgan fingerprint density at radius 2 is 1.85 bits per heavy atom. The van der Waals surface area contributed by atoms with Crippen LogP contribution in [0.1, 0.15) is 36.9 Å². The number of carboxylic acids is 1. The van der Waals surface area contributed by atoms with E-state index in [1.807, 2.05) is 12.1 Å². The Hall–Kier alpha value is -3.11. The van der Waals surface area contributed by atoms with E-state index in [0.29, 0.717) is 11.6 Å². The van der Waals surface area contributed by atoms with Crippen molar-refractivity contribution in [2.75, 3.05) is 13.1 Å². The van der Waals surface area contributed by atoms with Gasteiger partial charge in [0.1, 0.15) is 0 Å². The summed E-state index contributed by atoms with van der Waals surface area (Å²) in [5.74, 6) is -3.16. The van der Waals surface area contributed by atoms with Crippen LogP contribution in [0.2, 0.25) is 0 Å². The lowest BCUT2D eigenvalue weighted by atomic mass is 10.0. The van der Waals surface area contributed by atoms with Crippen LogP contribution in [0, 0.1) is 0 Å². The molecule has 0 amide bonds. The number of aliphatic carboxylic acids is 1. The van der Waals surface area contributed by atoms with Crippen molar-refractivity contribution in [2.24, 2.45) is 0 Å². The number of carbonyl (C=O) groups is 1. The first kappa shape index (κ1) is 24.5. The van der Waals surface area contributed by atoms with Gasteiger partial charge in [-0.05, 0) is 56.1 Å². The van der Waals surface area contributed by atoms with Gasteiger partial charge in [0.25, 0.3) is 0 Å². The Balaban J connectivity index is 0.000000383. The van der Waals surface area contributed by atoms with E-state index < -0.39 is 17.9 Å². The van der Waals surface area contributed by atoms with Gasteiger partial charge < -0.3 is 14.8 Å². The van der Waals surface area contributed by atoms with Crippen LogP contribution in [-0.2, 0) is 11.3 Å². The summed E-state index contributed by atoms with van der Waals surface area (Å²) in [4.78, 5) is 25.4. The number of benzene rings is 2. The highest BCUT2D eigenvalue weighted by Crippen LogP contribution is 2.21. The Labute approximate surface area is 188 Å². The smallest absolute Gasteiger partial charge is 0.475 e. The zero-order valence-electron chi connectivity index (χ0n) is 18.1. The standard InChI is InChI=1S/C21H25N3O2.C2HF3O2/c1-15(17-7-8-19-20(13-17)26-21(25)23-19)22-18-9-11-24(12-10-18)14-16-5-3-2-4-6-16;3-2(4,5)1(6)7/h2-8,13,15,18,22H,9-12,14H2,1H3,(H,23,25);(H,6,7). The number of fused-ring (bicyclic) bond motifs is 1. The van der Waals surface area contributed by atoms with Crippen LogP contribution >= 0.6 is 0 Å². The van der Waals surface area contributed by atoms with Gasteiger partial charge >= 0.3 is 17.9 Å². The van der Waals surface area contributed by atoms with Gasteiger partial charge in [-0.25, -0.2) is 9.59 Å². The molecule has 1 unspecified atom stereocenters. The van der Waals surface area contributed by atoms with Gasteiger partial charge in [-0.1, -0.05) is 36.4 Å². The van der Waals surface area contributed by atoms with E-state index in [4.69, 9.17) is 14.3 Å². The van der Waals surface area contributed by atoms with Gasteiger partial charge in [0.15, 0.2) is 5.58 Å². The minimum Gasteiger partial charge on any atom is -0.475 e. The molecule has 0 saturated carbocycles. The summed E-state index contributed by atoms with van der Waals surface area (Å²) < 4.78 is 36.9. The summed E-state index contributed by atoms with van der Waals surface area (Å²) >= 11 is 0. The number of likely N-dealkylation sites (tertiary alicyclic amines) is 1. The lowest BCUT2D eigenvalue weighted by Crippen LogP contribution is -2.42. The van der Waals surface area contributed by atoms with Crippen molar-refractivity contribution in [1.82, 2.24) is 15.2 Å². The van der Waals surface area contributed by atoms with Crippen molar-refractivity contribution in [3.05, 3.63) is 70.2 Å². The third kappa shape index (κ3) is 7.19. The molecule has 0 bridgehead atoms. The number of nitrogens with one attached hydrogen (secondary N) is 2. The molecular weight excluding hydrogens is 439 g/mol. The topological polar surface area (TPSA) is 98.6 Å². The molecule has 33 heavy (non-hydrogen) atoms. The molecule has 1 atom stereocenters. The molecule has 0 radical (unpaired) electrons. The second-order valence-electron chi connectivity index (χ2n) is 8.00. The number of aromatic nitrogens is 1. The molecule has 1 aliphatic heterocycles. The SMILES string of the molecule is CC(NC1CCN(Cc2ccccc2)CC1)c1ccc2[nH]c(=O)oc2c1.O=C(O)C(F)(F)F. The number of nitrogens with zero attached hydrogens (tertiary/aromatic N) is 1. The summed E-state index contributed by atoms with van der Waals surface area (Å²) in [7, 11) is 0. The first-order valence-corrected chi connectivity index (χ1v) is 10.6. The molecule has 2 heterocycles. The molecule has 10 heteroatoms. The Kier molecular flexibility index (Phi) is 7.93. The Bertz CT molecular complexity index is 1100. The highest BCUT2D eigenvalue weighted by atomic mass is 19.4. The normalized spacial score (nSPS) is 16.2. The van der Waals surface area contributed by atoms with E-state index in [0.717, 1.165) is 43.6 Å². The van der Waals surface area contributed by atoms with Crippen molar-refractivity contribution in [1.29, 1.82) is 0 Å². The maximum absolute atomic E-state index is 11.3. The van der Waals surface area contributed by atoms with E-state index in [1.54, 1.807) is 0 Å². The highest BCUT2D eigenvalue weighted by Gasteiger charge is 2.38. The molecule has 1 aromatic heterocycles. The average molecular weight is 465 g/mol. The molecule has 2 aromatic carbocycles. The summed E-state index contributed by atoms with van der Waals surface area (Å²) in [5.41, 5.74) is 3.90. The number of piperidine rings is 1. The molecule has 0 aliphatic carbocycles. The Morgan fingerprint density at radius 1 is 1.21 bits per heavy atom. The molecule has 1 saturated heterocycles. The summed E-state index contributed by atoms with van der Waals surface area (Å²) in [6.07, 6.45) is -2.78. The fraction of sp³-hybridized carbons (Fsp3) is 0.391. The minimum atomic E-state index is -5.08. The number of oxazole rings is 1. The van der Waals surface area contributed by atoms with E-state index >= 15 is 0 Å². The largest absolute Gasteiger partial charge is 0.490 e. The maximum atomic E-state index is 11.3. The average Bonchev–Trinajstić information content (AvgIpc) is 3.15. The summed E-state index contributed by atoms with van der Waals surface area (Å²) in [5, 5.41) is 10.9. The van der Waals surface area contributed by atoms with Crippen LogP contribution in [0.3, 0.4) is 0 Å². The van der Waals surface area contributed by atoms with Crippen molar-refractivity contribution in [2.45, 2.75) is 44.6 Å². The number of hydrogen-bond acceptors (Lipinski definition) is 5. The van der Waals surface area contributed by atoms with Crippen molar-refractivity contribution in [3.63, 3.8) is 0 Å². The first-order valence-electron chi connectivity index (χ1n) is 10.6. The van der Waals surface area contributed by atoms with Crippen molar-refractivity contribution >= 4 is 17.1 Å². The van der Waals surface area contributed by atoms with E-state index in [1.165, 1.54) is 5.56 Å². The molecule has 1 aliphatic rings. The first-order chi connectivity index (χ1) is 15.6. The number of carboxylic acid groups (broad SMARTS) is 1. The van der Waals surface area contributed by atoms with Gasteiger partial charge in [0.05, 0.1) is 5.52 Å². The van der Waals surface area contributed by atoms with Gasteiger partial charge in [0, 0.05) is 18.6 Å². The van der Waals surface area contributed by atoms with E-state index in [-0.39, 0.29) is 6.04 Å². The minimum absolute atomic E-state index is 0.227. The zero-order valence-corrected chi connectivity index (χ0v) is 18.1. The summed E-state index contributed by atoms with van der Waals surface area (Å²) in [6.45, 7) is 5.44. The van der Waals surface area contributed by atoms with Gasteiger partial charge in [0.2, 0.25) is 0 Å². The number of rotatable bonds is 5. The predicted octanol–water partition coefficient (Wildman–Crippen LogP) is 4.07. The number of alkyl halides is 3. The van der Waals surface area contributed by atoms with E-state index in [9.17, 15) is 18.0 Å². The fourth-order valence-corrected chi connectivity index (χ4v) is 3.78. The third-order valence-electron chi connectivity index (χ3n) is 5.51. The highest BCUT2D eigenvalue weighted by molar-refractivity contribution is 5.73. The Morgan fingerprint density at radius 3 is 2.45 bits per heavy atom. The van der Waals surface area contributed by atoms with Crippen LogP contribution in [0.4, 0.5) is 13.2 Å². The van der Waals surface area contributed by atoms with Crippen LogP contribution in [0.25, 0.3) is 11.1 Å².